The maximum absolute atomic E-state index is 11.1. The van der Waals surface area contributed by atoms with E-state index >= 15 is 0 Å². The third-order valence-electron chi connectivity index (χ3n) is 3.49. The standard InChI is InChI=1S/C23H16N2OS/c1-17(26)27-22-13-10-20(11-14-22)7-6-18-2-4-19(5-3-18)8-9-21-12-15-23(24)25-16-21/h2-5,10-16H,1H3,(H2,24,25). The molecule has 3 nitrogen and oxygen atoms in total. The largest absolute Gasteiger partial charge is 0.384 e. The average molecular weight is 368 g/mol. The number of hydrogen-bond acceptors (Lipinski definition) is 4. The van der Waals surface area contributed by atoms with Crippen LogP contribution in [0.25, 0.3) is 0 Å². The third kappa shape index (κ3) is 5.78. The first-order valence-corrected chi connectivity index (χ1v) is 9.04. The zero-order chi connectivity index (χ0) is 19.1. The molecule has 0 bridgehead atoms. The van der Waals surface area contributed by atoms with Crippen molar-refractivity contribution in [2.75, 3.05) is 5.73 Å². The summed E-state index contributed by atoms with van der Waals surface area (Å²) in [6.07, 6.45) is 1.66. The van der Waals surface area contributed by atoms with E-state index in [0.717, 1.165) is 27.1 Å². The molecule has 0 aliphatic carbocycles. The molecule has 2 aromatic carbocycles. The number of thioether (sulfide) groups is 1. The second kappa shape index (κ2) is 8.76. The molecule has 0 spiro atoms. The molecule has 0 radical (unpaired) electrons. The maximum atomic E-state index is 11.1. The van der Waals surface area contributed by atoms with Gasteiger partial charge in [0.1, 0.15) is 5.82 Å². The van der Waals surface area contributed by atoms with Crippen molar-refractivity contribution in [1.82, 2.24) is 4.98 Å². The number of rotatable bonds is 1. The van der Waals surface area contributed by atoms with Gasteiger partial charge in [-0.1, -0.05) is 35.4 Å². The highest BCUT2D eigenvalue weighted by molar-refractivity contribution is 8.13. The van der Waals surface area contributed by atoms with E-state index in [4.69, 9.17) is 5.73 Å². The molecule has 0 fully saturated rings. The zero-order valence-electron chi connectivity index (χ0n) is 14.7. The summed E-state index contributed by atoms with van der Waals surface area (Å²) in [5.74, 6) is 12.9. The molecule has 3 aromatic rings. The minimum atomic E-state index is 0.0738. The summed E-state index contributed by atoms with van der Waals surface area (Å²) in [5.41, 5.74) is 9.10. The molecule has 0 amide bonds. The summed E-state index contributed by atoms with van der Waals surface area (Å²) in [6, 6.07) is 19.0. The van der Waals surface area contributed by atoms with Gasteiger partial charge < -0.3 is 5.73 Å². The van der Waals surface area contributed by atoms with Crippen LogP contribution in [0.15, 0.2) is 71.8 Å². The van der Waals surface area contributed by atoms with Crippen LogP contribution in [0, 0.1) is 23.7 Å². The summed E-state index contributed by atoms with van der Waals surface area (Å²) >= 11 is 1.22. The lowest BCUT2D eigenvalue weighted by atomic mass is 10.1. The molecule has 1 aromatic heterocycles. The second-order valence-corrected chi connectivity index (χ2v) is 6.92. The van der Waals surface area contributed by atoms with Gasteiger partial charge in [-0.2, -0.15) is 0 Å². The number of carbonyl (C=O) groups excluding carboxylic acids is 1. The predicted octanol–water partition coefficient (Wildman–Crippen LogP) is 4.10. The van der Waals surface area contributed by atoms with Crippen molar-refractivity contribution in [2.24, 2.45) is 0 Å². The number of hydrogen-bond donors (Lipinski definition) is 1. The number of carbonyl (C=O) groups is 1. The fraction of sp³-hybridized carbons (Fsp3) is 0.0435. The van der Waals surface area contributed by atoms with E-state index in [0.29, 0.717) is 5.82 Å². The molecule has 130 valence electrons. The molecular formula is C23H16N2OS. The van der Waals surface area contributed by atoms with Crippen molar-refractivity contribution >= 4 is 22.7 Å². The number of anilines is 1. The highest BCUT2D eigenvalue weighted by atomic mass is 32.2. The number of nitrogens with zero attached hydrogens (tertiary/aromatic N) is 1. The Kier molecular flexibility index (Phi) is 5.94. The van der Waals surface area contributed by atoms with Crippen LogP contribution in [0.4, 0.5) is 5.82 Å². The van der Waals surface area contributed by atoms with Gasteiger partial charge in [0.25, 0.3) is 0 Å². The van der Waals surface area contributed by atoms with Crippen LogP contribution in [0.5, 0.6) is 0 Å². The Morgan fingerprint density at radius 3 is 1.67 bits per heavy atom. The van der Waals surface area contributed by atoms with Crippen molar-refractivity contribution in [3.63, 3.8) is 0 Å². The average Bonchev–Trinajstić information content (AvgIpc) is 2.67. The molecular weight excluding hydrogens is 352 g/mol. The van der Waals surface area contributed by atoms with Gasteiger partial charge in [-0.25, -0.2) is 4.98 Å². The Bertz CT molecular complexity index is 1060. The van der Waals surface area contributed by atoms with Crippen molar-refractivity contribution in [1.29, 1.82) is 0 Å². The fourth-order valence-electron chi connectivity index (χ4n) is 2.18. The Hall–Kier alpha value is -3.47. The van der Waals surface area contributed by atoms with Crippen molar-refractivity contribution < 1.29 is 4.79 Å². The molecule has 0 aliphatic rings. The normalized spacial score (nSPS) is 9.52. The van der Waals surface area contributed by atoms with E-state index in [9.17, 15) is 4.79 Å². The van der Waals surface area contributed by atoms with Gasteiger partial charge in [0, 0.05) is 40.3 Å². The number of pyridine rings is 1. The minimum Gasteiger partial charge on any atom is -0.384 e. The van der Waals surface area contributed by atoms with E-state index in [1.54, 1.807) is 19.2 Å². The summed E-state index contributed by atoms with van der Waals surface area (Å²) in [6.45, 7) is 1.55. The van der Waals surface area contributed by atoms with Crippen LogP contribution >= 0.6 is 11.8 Å². The van der Waals surface area contributed by atoms with Crippen LogP contribution in [0.1, 0.15) is 29.2 Å². The lowest BCUT2D eigenvalue weighted by molar-refractivity contribution is -0.109. The van der Waals surface area contributed by atoms with E-state index < -0.39 is 0 Å². The Morgan fingerprint density at radius 2 is 1.22 bits per heavy atom. The van der Waals surface area contributed by atoms with Gasteiger partial charge in [-0.05, 0) is 60.7 Å². The Morgan fingerprint density at radius 1 is 0.778 bits per heavy atom. The molecule has 0 aliphatic heterocycles. The van der Waals surface area contributed by atoms with Gasteiger partial charge >= 0.3 is 0 Å². The van der Waals surface area contributed by atoms with Crippen molar-refractivity contribution in [3.8, 4) is 23.7 Å². The van der Waals surface area contributed by atoms with Gasteiger partial charge in [-0.15, -0.1) is 0 Å². The Labute approximate surface area is 163 Å². The monoisotopic (exact) mass is 368 g/mol. The molecule has 1 heterocycles. The smallest absolute Gasteiger partial charge is 0.190 e. The fourth-order valence-corrected chi connectivity index (χ4v) is 2.78. The molecule has 0 atom stereocenters. The van der Waals surface area contributed by atoms with Gasteiger partial charge in [0.2, 0.25) is 0 Å². The first-order chi connectivity index (χ1) is 13.1. The number of nitrogen functional groups attached to an aromatic ring is 1. The highest BCUT2D eigenvalue weighted by Crippen LogP contribution is 2.18. The first-order valence-electron chi connectivity index (χ1n) is 8.22. The van der Waals surface area contributed by atoms with E-state index in [1.807, 2.05) is 54.6 Å². The summed E-state index contributed by atoms with van der Waals surface area (Å²) in [7, 11) is 0. The van der Waals surface area contributed by atoms with E-state index in [1.165, 1.54) is 11.8 Å². The van der Waals surface area contributed by atoms with Crippen molar-refractivity contribution in [3.05, 3.63) is 89.1 Å². The summed E-state index contributed by atoms with van der Waals surface area (Å²) < 4.78 is 0. The first kappa shape index (κ1) is 18.3. The summed E-state index contributed by atoms with van der Waals surface area (Å²) in [5, 5.41) is 0.0738. The Balaban J connectivity index is 1.67. The molecule has 0 saturated carbocycles. The molecule has 27 heavy (non-hydrogen) atoms. The van der Waals surface area contributed by atoms with Gasteiger partial charge in [0.05, 0.1) is 0 Å². The second-order valence-electron chi connectivity index (χ2n) is 5.67. The molecule has 3 rings (SSSR count). The van der Waals surface area contributed by atoms with Crippen LogP contribution in [-0.4, -0.2) is 10.1 Å². The topological polar surface area (TPSA) is 56.0 Å². The predicted molar refractivity (Wildman–Crippen MR) is 110 cm³/mol. The quantitative estimate of drug-likeness (QED) is 0.519. The maximum Gasteiger partial charge on any atom is 0.190 e. The molecule has 0 unspecified atom stereocenters. The number of benzene rings is 2. The minimum absolute atomic E-state index is 0.0738. The molecule has 2 N–H and O–H groups in total. The summed E-state index contributed by atoms with van der Waals surface area (Å²) in [4.78, 5) is 16.0. The van der Waals surface area contributed by atoms with Gasteiger partial charge in [0.15, 0.2) is 5.12 Å². The number of nitrogens with two attached hydrogens (primary N) is 1. The molecule has 0 saturated heterocycles. The zero-order valence-corrected chi connectivity index (χ0v) is 15.5. The number of aromatic nitrogens is 1. The lowest BCUT2D eigenvalue weighted by Gasteiger charge is -1.96. The SMILES string of the molecule is CC(=O)Sc1ccc(C#Cc2ccc(C#Cc3ccc(N)nc3)cc2)cc1. The van der Waals surface area contributed by atoms with E-state index in [-0.39, 0.29) is 5.12 Å². The highest BCUT2D eigenvalue weighted by Gasteiger charge is 1.97. The van der Waals surface area contributed by atoms with E-state index in [2.05, 4.69) is 28.7 Å². The van der Waals surface area contributed by atoms with Crippen LogP contribution in [-0.2, 0) is 4.79 Å². The van der Waals surface area contributed by atoms with Gasteiger partial charge in [-0.3, -0.25) is 4.79 Å². The lowest BCUT2D eigenvalue weighted by Crippen LogP contribution is -1.88. The van der Waals surface area contributed by atoms with Crippen molar-refractivity contribution in [2.45, 2.75) is 11.8 Å². The van der Waals surface area contributed by atoms with Crippen LogP contribution in [0.3, 0.4) is 0 Å². The third-order valence-corrected chi connectivity index (χ3v) is 4.28. The van der Waals surface area contributed by atoms with Crippen LogP contribution < -0.4 is 5.73 Å². The molecule has 4 heteroatoms. The van der Waals surface area contributed by atoms with Crippen LogP contribution in [0.2, 0.25) is 0 Å².